The number of amides is 1. The van der Waals surface area contributed by atoms with Crippen LogP contribution in [-0.4, -0.2) is 24.2 Å². The van der Waals surface area contributed by atoms with E-state index in [9.17, 15) is 9.90 Å². The lowest BCUT2D eigenvalue weighted by Crippen LogP contribution is -2.38. The molecule has 0 heterocycles. The van der Waals surface area contributed by atoms with Gasteiger partial charge in [-0.3, -0.25) is 4.79 Å². The number of carbonyl (C=O) groups is 1. The number of aryl methyl sites for hydroxylation is 1. The molecule has 2 rings (SSSR count). The third-order valence-corrected chi connectivity index (χ3v) is 4.16. The lowest BCUT2D eigenvalue weighted by molar-refractivity contribution is 0.0880. The van der Waals surface area contributed by atoms with Crippen LogP contribution in [0, 0.1) is 12.3 Å². The zero-order chi connectivity index (χ0) is 13.9. The molecule has 1 amide bonds. The van der Waals surface area contributed by atoms with Crippen molar-refractivity contribution < 1.29 is 9.90 Å². The largest absolute Gasteiger partial charge is 0.399 e. The van der Waals surface area contributed by atoms with Crippen LogP contribution in [0.2, 0.25) is 0 Å². The first-order valence-electron chi connectivity index (χ1n) is 6.81. The average molecular weight is 262 g/mol. The molecule has 0 atom stereocenters. The number of carbonyl (C=O) groups excluding carboxylic acids is 1. The Morgan fingerprint density at radius 2 is 2.11 bits per heavy atom. The van der Waals surface area contributed by atoms with E-state index in [4.69, 9.17) is 5.73 Å². The van der Waals surface area contributed by atoms with Crippen molar-refractivity contribution in [1.82, 2.24) is 5.32 Å². The minimum absolute atomic E-state index is 0.0946. The Labute approximate surface area is 114 Å². The van der Waals surface area contributed by atoms with E-state index < -0.39 is 0 Å². The van der Waals surface area contributed by atoms with E-state index in [2.05, 4.69) is 5.32 Å². The highest BCUT2D eigenvalue weighted by Gasteiger charge is 2.33. The van der Waals surface area contributed by atoms with Gasteiger partial charge in [-0.25, -0.2) is 0 Å². The molecule has 0 aliphatic heterocycles. The van der Waals surface area contributed by atoms with Gasteiger partial charge in [0.2, 0.25) is 0 Å². The zero-order valence-corrected chi connectivity index (χ0v) is 11.4. The van der Waals surface area contributed by atoms with Crippen molar-refractivity contribution in [3.63, 3.8) is 0 Å². The summed E-state index contributed by atoms with van der Waals surface area (Å²) in [6.07, 6.45) is 4.25. The van der Waals surface area contributed by atoms with Crippen LogP contribution in [0.3, 0.4) is 0 Å². The van der Waals surface area contributed by atoms with Crippen LogP contribution in [0.25, 0.3) is 0 Å². The van der Waals surface area contributed by atoms with Gasteiger partial charge in [0.05, 0.1) is 6.61 Å². The highest BCUT2D eigenvalue weighted by Crippen LogP contribution is 2.36. The number of rotatable bonds is 4. The van der Waals surface area contributed by atoms with Crippen molar-refractivity contribution in [2.24, 2.45) is 5.41 Å². The topological polar surface area (TPSA) is 75.3 Å². The summed E-state index contributed by atoms with van der Waals surface area (Å²) in [4.78, 5) is 12.1. The molecule has 1 fully saturated rings. The summed E-state index contributed by atoms with van der Waals surface area (Å²) in [6.45, 7) is 2.58. The van der Waals surface area contributed by atoms with Crippen LogP contribution in [0.15, 0.2) is 18.2 Å². The smallest absolute Gasteiger partial charge is 0.251 e. The quantitative estimate of drug-likeness (QED) is 0.725. The monoisotopic (exact) mass is 262 g/mol. The Bertz CT molecular complexity index is 465. The normalized spacial score (nSPS) is 17.4. The van der Waals surface area contributed by atoms with Crippen LogP contribution in [0.5, 0.6) is 0 Å². The van der Waals surface area contributed by atoms with Crippen LogP contribution >= 0.6 is 0 Å². The number of nitrogens with one attached hydrogen (secondary N) is 1. The summed E-state index contributed by atoms with van der Waals surface area (Å²) in [5.41, 5.74) is 7.85. The van der Waals surface area contributed by atoms with Crippen molar-refractivity contribution in [3.05, 3.63) is 29.3 Å². The highest BCUT2D eigenvalue weighted by molar-refractivity contribution is 5.94. The Morgan fingerprint density at radius 3 is 2.68 bits per heavy atom. The minimum atomic E-state index is -0.113. The van der Waals surface area contributed by atoms with E-state index in [0.717, 1.165) is 31.2 Å². The second-order valence-electron chi connectivity index (χ2n) is 5.62. The number of nitrogens with two attached hydrogens (primary N) is 1. The fourth-order valence-corrected chi connectivity index (χ4v) is 2.70. The Morgan fingerprint density at radius 1 is 1.42 bits per heavy atom. The predicted octanol–water partition coefficient (Wildman–Crippen LogP) is 1.86. The van der Waals surface area contributed by atoms with Gasteiger partial charge in [-0.2, -0.15) is 0 Å². The number of hydrogen-bond acceptors (Lipinski definition) is 3. The molecule has 0 bridgehead atoms. The summed E-state index contributed by atoms with van der Waals surface area (Å²) in [5, 5.41) is 12.5. The highest BCUT2D eigenvalue weighted by atomic mass is 16.3. The lowest BCUT2D eigenvalue weighted by atomic mass is 9.87. The van der Waals surface area contributed by atoms with Gasteiger partial charge in [-0.1, -0.05) is 12.8 Å². The third kappa shape index (κ3) is 3.07. The first kappa shape index (κ1) is 13.9. The lowest BCUT2D eigenvalue weighted by Gasteiger charge is -2.26. The SMILES string of the molecule is Cc1cc(C(=O)NCC2(CO)CCCC2)ccc1N. The molecule has 1 saturated carbocycles. The molecule has 0 saturated heterocycles. The second kappa shape index (κ2) is 5.61. The standard InChI is InChI=1S/C15H22N2O2/c1-11-8-12(4-5-13(11)16)14(19)17-9-15(10-18)6-2-3-7-15/h4-5,8,18H,2-3,6-7,9-10,16H2,1H3,(H,17,19). The maximum atomic E-state index is 12.1. The van der Waals surface area contributed by atoms with Crippen LogP contribution in [0.1, 0.15) is 41.6 Å². The summed E-state index contributed by atoms with van der Waals surface area (Å²) in [6, 6.07) is 5.28. The molecule has 104 valence electrons. The van der Waals surface area contributed by atoms with Crippen molar-refractivity contribution in [1.29, 1.82) is 0 Å². The summed E-state index contributed by atoms with van der Waals surface area (Å²) in [5.74, 6) is -0.0946. The average Bonchev–Trinajstić information content (AvgIpc) is 2.89. The van der Waals surface area contributed by atoms with Gasteiger partial charge in [-0.15, -0.1) is 0 Å². The Kier molecular flexibility index (Phi) is 4.10. The molecule has 1 aliphatic carbocycles. The molecule has 19 heavy (non-hydrogen) atoms. The van der Waals surface area contributed by atoms with Gasteiger partial charge in [0.1, 0.15) is 0 Å². The molecule has 1 aromatic rings. The van der Waals surface area contributed by atoms with Crippen molar-refractivity contribution >= 4 is 11.6 Å². The van der Waals surface area contributed by atoms with Gasteiger partial charge < -0.3 is 16.2 Å². The summed E-state index contributed by atoms with van der Waals surface area (Å²) < 4.78 is 0. The molecule has 1 aliphatic rings. The van der Waals surface area contributed by atoms with E-state index in [1.165, 1.54) is 0 Å². The molecule has 4 nitrogen and oxygen atoms in total. The maximum absolute atomic E-state index is 12.1. The van der Waals surface area contributed by atoms with Crippen molar-refractivity contribution in [2.45, 2.75) is 32.6 Å². The number of aliphatic hydroxyl groups is 1. The van der Waals surface area contributed by atoms with E-state index in [1.54, 1.807) is 18.2 Å². The number of nitrogen functional groups attached to an aromatic ring is 1. The molecular formula is C15H22N2O2. The van der Waals surface area contributed by atoms with Gasteiger partial charge in [-0.05, 0) is 43.5 Å². The van der Waals surface area contributed by atoms with Crippen LogP contribution < -0.4 is 11.1 Å². The predicted molar refractivity (Wildman–Crippen MR) is 75.9 cm³/mol. The number of benzene rings is 1. The van der Waals surface area contributed by atoms with E-state index in [0.29, 0.717) is 17.8 Å². The summed E-state index contributed by atoms with van der Waals surface area (Å²) in [7, 11) is 0. The molecule has 4 heteroatoms. The first-order chi connectivity index (χ1) is 9.06. The van der Waals surface area contributed by atoms with Gasteiger partial charge in [0.15, 0.2) is 0 Å². The third-order valence-electron chi connectivity index (χ3n) is 4.16. The molecule has 1 aromatic carbocycles. The number of aliphatic hydroxyl groups excluding tert-OH is 1. The van der Waals surface area contributed by atoms with Gasteiger partial charge in [0, 0.05) is 23.2 Å². The van der Waals surface area contributed by atoms with Crippen molar-refractivity contribution in [2.75, 3.05) is 18.9 Å². The fourth-order valence-electron chi connectivity index (χ4n) is 2.70. The Balaban J connectivity index is 1.99. The van der Waals surface area contributed by atoms with E-state index >= 15 is 0 Å². The number of hydrogen-bond donors (Lipinski definition) is 3. The molecule has 0 aromatic heterocycles. The zero-order valence-electron chi connectivity index (χ0n) is 11.4. The van der Waals surface area contributed by atoms with E-state index in [1.807, 2.05) is 6.92 Å². The maximum Gasteiger partial charge on any atom is 0.251 e. The van der Waals surface area contributed by atoms with Crippen LogP contribution in [-0.2, 0) is 0 Å². The summed E-state index contributed by atoms with van der Waals surface area (Å²) >= 11 is 0. The van der Waals surface area contributed by atoms with Gasteiger partial charge in [0.25, 0.3) is 5.91 Å². The van der Waals surface area contributed by atoms with Crippen LogP contribution in [0.4, 0.5) is 5.69 Å². The molecule has 0 radical (unpaired) electrons. The van der Waals surface area contributed by atoms with Crippen molar-refractivity contribution in [3.8, 4) is 0 Å². The Hall–Kier alpha value is -1.55. The molecule has 0 unspecified atom stereocenters. The van der Waals surface area contributed by atoms with E-state index in [-0.39, 0.29) is 17.9 Å². The van der Waals surface area contributed by atoms with Gasteiger partial charge >= 0.3 is 0 Å². The number of anilines is 1. The molecular weight excluding hydrogens is 240 g/mol. The molecule has 0 spiro atoms. The second-order valence-corrected chi connectivity index (χ2v) is 5.62. The minimum Gasteiger partial charge on any atom is -0.399 e. The fraction of sp³-hybridized carbons (Fsp3) is 0.533. The molecule has 4 N–H and O–H groups in total. The first-order valence-corrected chi connectivity index (χ1v) is 6.81.